The Kier molecular flexibility index (Phi) is 5.29. The van der Waals surface area contributed by atoms with Gasteiger partial charge in [0.2, 0.25) is 11.8 Å². The maximum absolute atomic E-state index is 11.9. The third kappa shape index (κ3) is 4.54. The Morgan fingerprint density at radius 3 is 2.67 bits per heavy atom. The van der Waals surface area contributed by atoms with Crippen LogP contribution in [0.5, 0.6) is 0 Å². The lowest BCUT2D eigenvalue weighted by Crippen LogP contribution is -2.51. The third-order valence-corrected chi connectivity index (χ3v) is 3.40. The van der Waals surface area contributed by atoms with E-state index in [1.54, 1.807) is 4.90 Å². The second-order valence-corrected chi connectivity index (χ2v) is 5.07. The summed E-state index contributed by atoms with van der Waals surface area (Å²) in [5.74, 6) is 0.442. The van der Waals surface area contributed by atoms with Gasteiger partial charge in [0.1, 0.15) is 0 Å². The zero-order chi connectivity index (χ0) is 15.2. The number of hydrogen-bond acceptors (Lipinski definition) is 6. The van der Waals surface area contributed by atoms with Crippen molar-refractivity contribution in [2.75, 3.05) is 39.3 Å². The Hall–Kier alpha value is -1.93. The average molecular weight is 295 g/mol. The molecule has 8 nitrogen and oxygen atoms in total. The number of carbonyl (C=O) groups is 2. The molecule has 3 N–H and O–H groups in total. The van der Waals surface area contributed by atoms with Gasteiger partial charge in [-0.25, -0.2) is 0 Å². The van der Waals surface area contributed by atoms with Gasteiger partial charge < -0.3 is 20.5 Å². The molecule has 0 aromatic carbocycles. The van der Waals surface area contributed by atoms with E-state index in [1.807, 2.05) is 13.0 Å². The lowest BCUT2D eigenvalue weighted by molar-refractivity contribution is -0.134. The molecule has 0 bridgehead atoms. The Morgan fingerprint density at radius 2 is 2.10 bits per heavy atom. The molecule has 1 fully saturated rings. The predicted molar refractivity (Wildman–Crippen MR) is 75.2 cm³/mol. The summed E-state index contributed by atoms with van der Waals surface area (Å²) in [6.07, 6.45) is 0. The number of carbonyl (C=O) groups excluding carboxylic acids is 2. The van der Waals surface area contributed by atoms with Gasteiger partial charge in [-0.05, 0) is 6.92 Å². The number of piperazine rings is 1. The molecule has 8 heteroatoms. The second kappa shape index (κ2) is 7.19. The minimum atomic E-state index is -0.317. The summed E-state index contributed by atoms with van der Waals surface area (Å²) in [5, 5.41) is 6.35. The molecule has 0 spiro atoms. The van der Waals surface area contributed by atoms with Gasteiger partial charge in [0.05, 0.1) is 25.3 Å². The van der Waals surface area contributed by atoms with Crippen molar-refractivity contribution in [3.63, 3.8) is 0 Å². The number of aromatic nitrogens is 1. The van der Waals surface area contributed by atoms with Crippen molar-refractivity contribution in [1.82, 2.24) is 20.3 Å². The van der Waals surface area contributed by atoms with Gasteiger partial charge in [-0.1, -0.05) is 5.16 Å². The number of amides is 2. The molecule has 1 aliphatic rings. The summed E-state index contributed by atoms with van der Waals surface area (Å²) >= 11 is 0. The van der Waals surface area contributed by atoms with E-state index in [0.29, 0.717) is 19.6 Å². The van der Waals surface area contributed by atoms with E-state index in [4.69, 9.17) is 10.3 Å². The lowest BCUT2D eigenvalue weighted by atomic mass is 10.3. The highest BCUT2D eigenvalue weighted by Gasteiger charge is 2.21. The van der Waals surface area contributed by atoms with Gasteiger partial charge in [-0.15, -0.1) is 0 Å². The molecule has 0 aliphatic carbocycles. The maximum atomic E-state index is 11.9. The number of nitrogens with zero attached hydrogens (tertiary/aromatic N) is 3. The molecule has 2 heterocycles. The van der Waals surface area contributed by atoms with Gasteiger partial charge in [-0.3, -0.25) is 14.5 Å². The van der Waals surface area contributed by atoms with Crippen LogP contribution in [0.1, 0.15) is 11.5 Å². The van der Waals surface area contributed by atoms with Crippen LogP contribution < -0.4 is 11.1 Å². The summed E-state index contributed by atoms with van der Waals surface area (Å²) in [4.78, 5) is 26.9. The fraction of sp³-hybridized carbons (Fsp3) is 0.615. The topological polar surface area (TPSA) is 105 Å². The molecule has 0 unspecified atom stereocenters. The van der Waals surface area contributed by atoms with Crippen molar-refractivity contribution in [3.8, 4) is 0 Å². The molecular weight excluding hydrogens is 274 g/mol. The number of aryl methyl sites for hydroxylation is 1. The SMILES string of the molecule is Cc1cc(CN2CCN(C(=O)CNC(=O)CN)CC2)on1. The monoisotopic (exact) mass is 295 g/mol. The minimum Gasteiger partial charge on any atom is -0.360 e. The highest BCUT2D eigenvalue weighted by Crippen LogP contribution is 2.09. The van der Waals surface area contributed by atoms with Crippen LogP contribution in [-0.4, -0.2) is 66.0 Å². The first-order valence-electron chi connectivity index (χ1n) is 6.97. The molecule has 1 aliphatic heterocycles. The van der Waals surface area contributed by atoms with E-state index in [2.05, 4.69) is 15.4 Å². The van der Waals surface area contributed by atoms with E-state index in [0.717, 1.165) is 24.5 Å². The average Bonchev–Trinajstić information content (AvgIpc) is 2.90. The highest BCUT2D eigenvalue weighted by atomic mass is 16.5. The van der Waals surface area contributed by atoms with Crippen molar-refractivity contribution in [2.24, 2.45) is 5.73 Å². The van der Waals surface area contributed by atoms with E-state index in [1.165, 1.54) is 0 Å². The molecule has 0 radical (unpaired) electrons. The first-order valence-corrected chi connectivity index (χ1v) is 6.97. The largest absolute Gasteiger partial charge is 0.360 e. The van der Waals surface area contributed by atoms with Crippen molar-refractivity contribution >= 4 is 11.8 Å². The van der Waals surface area contributed by atoms with Gasteiger partial charge in [0.15, 0.2) is 5.76 Å². The molecule has 1 saturated heterocycles. The Labute approximate surface area is 123 Å². The van der Waals surface area contributed by atoms with Crippen LogP contribution in [0.4, 0.5) is 0 Å². The first kappa shape index (κ1) is 15.5. The lowest BCUT2D eigenvalue weighted by Gasteiger charge is -2.34. The van der Waals surface area contributed by atoms with Gasteiger partial charge in [0, 0.05) is 32.2 Å². The van der Waals surface area contributed by atoms with E-state index in [9.17, 15) is 9.59 Å². The van der Waals surface area contributed by atoms with Crippen LogP contribution in [0.25, 0.3) is 0 Å². The number of nitrogens with one attached hydrogen (secondary N) is 1. The van der Waals surface area contributed by atoms with Crippen LogP contribution in [0.15, 0.2) is 10.6 Å². The molecule has 0 atom stereocenters. The molecular formula is C13H21N5O3. The summed E-state index contributed by atoms with van der Waals surface area (Å²) < 4.78 is 5.19. The smallest absolute Gasteiger partial charge is 0.242 e. The minimum absolute atomic E-state index is 0.0112. The van der Waals surface area contributed by atoms with Gasteiger partial charge in [-0.2, -0.15) is 0 Å². The molecule has 1 aromatic rings. The predicted octanol–water partition coefficient (Wildman–Crippen LogP) is -1.30. The zero-order valence-electron chi connectivity index (χ0n) is 12.2. The molecule has 0 saturated carbocycles. The summed E-state index contributed by atoms with van der Waals surface area (Å²) in [6.45, 7) is 5.34. The first-order chi connectivity index (χ1) is 10.1. The van der Waals surface area contributed by atoms with E-state index < -0.39 is 0 Å². The zero-order valence-corrected chi connectivity index (χ0v) is 12.2. The Morgan fingerprint density at radius 1 is 1.38 bits per heavy atom. The Bertz CT molecular complexity index is 494. The van der Waals surface area contributed by atoms with Crippen LogP contribution in [0.3, 0.4) is 0 Å². The molecule has 2 rings (SSSR count). The molecule has 116 valence electrons. The normalized spacial score (nSPS) is 16.0. The van der Waals surface area contributed by atoms with E-state index >= 15 is 0 Å². The standard InChI is InChI=1S/C13H21N5O3/c1-10-6-11(21-16-10)9-17-2-4-18(5-3-17)13(20)8-15-12(19)7-14/h6H,2-5,7-9,14H2,1H3,(H,15,19). The summed E-state index contributed by atoms with van der Waals surface area (Å²) in [7, 11) is 0. The summed E-state index contributed by atoms with van der Waals surface area (Å²) in [6, 6.07) is 1.92. The quantitative estimate of drug-likeness (QED) is 0.700. The van der Waals surface area contributed by atoms with Crippen LogP contribution in [0.2, 0.25) is 0 Å². The van der Waals surface area contributed by atoms with Crippen molar-refractivity contribution in [1.29, 1.82) is 0 Å². The van der Waals surface area contributed by atoms with E-state index in [-0.39, 0.29) is 24.9 Å². The molecule has 21 heavy (non-hydrogen) atoms. The van der Waals surface area contributed by atoms with Crippen LogP contribution in [-0.2, 0) is 16.1 Å². The Balaban J connectivity index is 1.72. The van der Waals surface area contributed by atoms with Crippen molar-refractivity contribution in [3.05, 3.63) is 17.5 Å². The highest BCUT2D eigenvalue weighted by molar-refractivity contribution is 5.85. The van der Waals surface area contributed by atoms with Crippen molar-refractivity contribution < 1.29 is 14.1 Å². The fourth-order valence-electron chi connectivity index (χ4n) is 2.22. The maximum Gasteiger partial charge on any atom is 0.242 e. The second-order valence-electron chi connectivity index (χ2n) is 5.07. The third-order valence-electron chi connectivity index (χ3n) is 3.40. The fourth-order valence-corrected chi connectivity index (χ4v) is 2.22. The molecule has 2 amide bonds. The number of hydrogen-bond donors (Lipinski definition) is 2. The van der Waals surface area contributed by atoms with Crippen molar-refractivity contribution in [2.45, 2.75) is 13.5 Å². The van der Waals surface area contributed by atoms with Crippen LogP contribution in [0, 0.1) is 6.92 Å². The van der Waals surface area contributed by atoms with Gasteiger partial charge >= 0.3 is 0 Å². The molecule has 1 aromatic heterocycles. The van der Waals surface area contributed by atoms with Crippen LogP contribution >= 0.6 is 0 Å². The number of nitrogens with two attached hydrogens (primary N) is 1. The number of rotatable bonds is 5. The summed E-state index contributed by atoms with van der Waals surface area (Å²) in [5.41, 5.74) is 6.04. The van der Waals surface area contributed by atoms with Gasteiger partial charge in [0.25, 0.3) is 0 Å².